The summed E-state index contributed by atoms with van der Waals surface area (Å²) in [6, 6.07) is 13.6. The van der Waals surface area contributed by atoms with Crippen LogP contribution in [0.5, 0.6) is 5.75 Å². The maximum absolute atomic E-state index is 13.6. The van der Waals surface area contributed by atoms with Gasteiger partial charge in [0.15, 0.2) is 0 Å². The van der Waals surface area contributed by atoms with Crippen LogP contribution in [0.25, 0.3) is 6.08 Å². The van der Waals surface area contributed by atoms with E-state index < -0.39 is 0 Å². The Morgan fingerprint density at radius 1 is 1.11 bits per heavy atom. The van der Waals surface area contributed by atoms with Gasteiger partial charge in [-0.3, -0.25) is 4.79 Å². The van der Waals surface area contributed by atoms with Gasteiger partial charge in [0.1, 0.15) is 11.6 Å². The van der Waals surface area contributed by atoms with Crippen molar-refractivity contribution in [3.05, 3.63) is 71.6 Å². The molecule has 0 saturated heterocycles. The van der Waals surface area contributed by atoms with Gasteiger partial charge >= 0.3 is 0 Å². The minimum absolute atomic E-state index is 0.305. The Labute approximate surface area is 166 Å². The fraction of sp³-hybridized carbons (Fsp3) is 0.304. The van der Waals surface area contributed by atoms with E-state index in [1.54, 1.807) is 55.5 Å². The second kappa shape index (κ2) is 11.7. The van der Waals surface area contributed by atoms with Crippen LogP contribution < -0.4 is 10.2 Å². The van der Waals surface area contributed by atoms with Crippen LogP contribution >= 0.6 is 0 Å². The number of ether oxygens (including phenoxy) is 1. The van der Waals surface area contributed by atoms with Crippen molar-refractivity contribution in [2.24, 2.45) is 5.10 Å². The topological polar surface area (TPSA) is 50.7 Å². The highest BCUT2D eigenvalue weighted by Gasteiger charge is 2.11. The Kier molecular flexibility index (Phi) is 8.92. The highest BCUT2D eigenvalue weighted by molar-refractivity contribution is 6.00. The summed E-state index contributed by atoms with van der Waals surface area (Å²) in [4.78, 5) is 12.5. The zero-order valence-electron chi connectivity index (χ0n) is 16.5. The van der Waals surface area contributed by atoms with Crippen LogP contribution in [0.15, 0.2) is 59.7 Å². The van der Waals surface area contributed by atoms with E-state index >= 15 is 0 Å². The predicted octanol–water partition coefficient (Wildman–Crippen LogP) is 5.60. The van der Waals surface area contributed by atoms with E-state index in [1.165, 1.54) is 18.9 Å². The number of halogens is 1. The van der Waals surface area contributed by atoms with Crippen LogP contribution in [0.4, 0.5) is 4.39 Å². The van der Waals surface area contributed by atoms with Crippen molar-refractivity contribution in [1.29, 1.82) is 0 Å². The predicted molar refractivity (Wildman–Crippen MR) is 112 cm³/mol. The molecule has 0 aliphatic carbocycles. The Balaban J connectivity index is 1.95. The second-order valence-corrected chi connectivity index (χ2v) is 6.45. The van der Waals surface area contributed by atoms with E-state index in [0.29, 0.717) is 29.2 Å². The molecular weight excluding hydrogens is 355 g/mol. The van der Waals surface area contributed by atoms with Crippen molar-refractivity contribution in [2.45, 2.75) is 39.5 Å². The Bertz CT molecular complexity index is 831. The average molecular weight is 382 g/mol. The molecule has 2 rings (SSSR count). The van der Waals surface area contributed by atoms with E-state index in [9.17, 15) is 9.18 Å². The number of hydrazone groups is 1. The van der Waals surface area contributed by atoms with Crippen LogP contribution in [-0.2, 0) is 0 Å². The maximum Gasteiger partial charge on any atom is 0.275 e. The Morgan fingerprint density at radius 3 is 2.64 bits per heavy atom. The molecule has 1 N–H and O–H groups in total. The van der Waals surface area contributed by atoms with Gasteiger partial charge in [-0.05, 0) is 37.6 Å². The summed E-state index contributed by atoms with van der Waals surface area (Å²) in [6.45, 7) is 4.47. The number of para-hydroxylation sites is 1. The minimum Gasteiger partial charge on any atom is -0.493 e. The molecule has 0 bridgehead atoms. The summed E-state index contributed by atoms with van der Waals surface area (Å²) in [7, 11) is 0. The number of nitrogens with zero attached hydrogens (tertiary/aromatic N) is 1. The third-order valence-corrected chi connectivity index (χ3v) is 4.13. The molecular formula is C23H27FN2O2. The Morgan fingerprint density at radius 2 is 1.86 bits per heavy atom. The number of carbonyl (C=O) groups is 1. The molecule has 0 spiro atoms. The van der Waals surface area contributed by atoms with E-state index in [1.807, 2.05) is 6.07 Å². The normalized spacial score (nSPS) is 11.6. The molecule has 4 nitrogen and oxygen atoms in total. The van der Waals surface area contributed by atoms with Gasteiger partial charge in [-0.15, -0.1) is 0 Å². The molecule has 0 fully saturated rings. The molecule has 148 valence electrons. The number of carbonyl (C=O) groups excluding carboxylic acids is 1. The average Bonchev–Trinajstić information content (AvgIpc) is 2.71. The molecule has 0 aliphatic heterocycles. The van der Waals surface area contributed by atoms with Gasteiger partial charge in [0.25, 0.3) is 5.91 Å². The number of benzene rings is 2. The molecule has 2 aromatic carbocycles. The first-order chi connectivity index (χ1) is 13.6. The molecule has 0 atom stereocenters. The third-order valence-electron chi connectivity index (χ3n) is 4.13. The molecule has 0 saturated carbocycles. The minimum atomic E-state index is -0.345. The zero-order chi connectivity index (χ0) is 20.2. The largest absolute Gasteiger partial charge is 0.493 e. The third kappa shape index (κ3) is 6.99. The summed E-state index contributed by atoms with van der Waals surface area (Å²) in [5, 5.41) is 4.06. The van der Waals surface area contributed by atoms with Crippen LogP contribution in [-0.4, -0.2) is 18.2 Å². The van der Waals surface area contributed by atoms with Crippen molar-refractivity contribution in [3.63, 3.8) is 0 Å². The van der Waals surface area contributed by atoms with Gasteiger partial charge < -0.3 is 4.74 Å². The number of amides is 1. The molecule has 5 heteroatoms. The first kappa shape index (κ1) is 21.4. The van der Waals surface area contributed by atoms with Crippen LogP contribution in [0.3, 0.4) is 0 Å². The molecule has 0 heterocycles. The summed E-state index contributed by atoms with van der Waals surface area (Å²) < 4.78 is 19.4. The summed E-state index contributed by atoms with van der Waals surface area (Å²) in [6.07, 6.45) is 7.69. The summed E-state index contributed by atoms with van der Waals surface area (Å²) in [5.74, 6) is -0.102. The van der Waals surface area contributed by atoms with Gasteiger partial charge in [-0.25, -0.2) is 9.82 Å². The molecule has 1 amide bonds. The van der Waals surface area contributed by atoms with Crippen LogP contribution in [0.2, 0.25) is 0 Å². The monoisotopic (exact) mass is 382 g/mol. The van der Waals surface area contributed by atoms with Crippen molar-refractivity contribution >= 4 is 17.7 Å². The van der Waals surface area contributed by atoms with Crippen molar-refractivity contribution in [1.82, 2.24) is 5.43 Å². The molecule has 0 unspecified atom stereocenters. The molecule has 28 heavy (non-hydrogen) atoms. The number of nitrogens with one attached hydrogen (secondary N) is 1. The fourth-order valence-corrected chi connectivity index (χ4v) is 2.55. The number of rotatable bonds is 10. The van der Waals surface area contributed by atoms with E-state index in [-0.39, 0.29) is 11.7 Å². The molecule has 2 aromatic rings. The number of hydrogen-bond acceptors (Lipinski definition) is 3. The van der Waals surface area contributed by atoms with Crippen molar-refractivity contribution in [2.75, 3.05) is 6.61 Å². The quantitative estimate of drug-likeness (QED) is 0.330. The first-order valence-corrected chi connectivity index (χ1v) is 9.61. The molecule has 0 radical (unpaired) electrons. The van der Waals surface area contributed by atoms with Crippen LogP contribution in [0, 0.1) is 5.82 Å². The highest BCUT2D eigenvalue weighted by Crippen LogP contribution is 2.18. The van der Waals surface area contributed by atoms with E-state index in [4.69, 9.17) is 4.74 Å². The van der Waals surface area contributed by atoms with Gasteiger partial charge in [-0.2, -0.15) is 5.10 Å². The SMILES string of the molecule is CCCCCCOc1ccccc1C(=O)NN=C(C)C=Cc1ccccc1F. The number of allylic oxidation sites excluding steroid dienone is 1. The summed E-state index contributed by atoms with van der Waals surface area (Å²) >= 11 is 0. The lowest BCUT2D eigenvalue weighted by atomic mass is 10.2. The van der Waals surface area contributed by atoms with Crippen molar-refractivity contribution in [3.8, 4) is 5.75 Å². The van der Waals surface area contributed by atoms with Gasteiger partial charge in [0, 0.05) is 5.56 Å². The van der Waals surface area contributed by atoms with Crippen molar-refractivity contribution < 1.29 is 13.9 Å². The van der Waals surface area contributed by atoms with Gasteiger partial charge in [0.2, 0.25) is 0 Å². The Hall–Kier alpha value is -2.95. The fourth-order valence-electron chi connectivity index (χ4n) is 2.55. The lowest BCUT2D eigenvalue weighted by Crippen LogP contribution is -2.19. The lowest BCUT2D eigenvalue weighted by molar-refractivity contribution is 0.0950. The van der Waals surface area contributed by atoms with E-state index in [0.717, 1.165) is 12.8 Å². The second-order valence-electron chi connectivity index (χ2n) is 6.45. The smallest absolute Gasteiger partial charge is 0.275 e. The lowest BCUT2D eigenvalue weighted by Gasteiger charge is -2.10. The molecule has 0 aliphatic rings. The van der Waals surface area contributed by atoms with Crippen LogP contribution in [0.1, 0.15) is 55.5 Å². The van der Waals surface area contributed by atoms with E-state index in [2.05, 4.69) is 17.5 Å². The molecule has 0 aromatic heterocycles. The zero-order valence-corrected chi connectivity index (χ0v) is 16.5. The maximum atomic E-state index is 13.6. The number of hydrogen-bond donors (Lipinski definition) is 1. The standard InChI is InChI=1S/C23H27FN2O2/c1-3-4-5-10-17-28-22-14-9-7-12-20(22)23(27)26-25-18(2)15-16-19-11-6-8-13-21(19)24/h6-9,11-16H,3-5,10,17H2,1-2H3,(H,26,27). The first-order valence-electron chi connectivity index (χ1n) is 9.61. The van der Waals surface area contributed by atoms with Gasteiger partial charge in [-0.1, -0.05) is 62.6 Å². The summed E-state index contributed by atoms with van der Waals surface area (Å²) in [5.41, 5.74) is 3.98. The highest BCUT2D eigenvalue weighted by atomic mass is 19.1. The van der Waals surface area contributed by atoms with Gasteiger partial charge in [0.05, 0.1) is 17.9 Å². The number of unbranched alkanes of at least 4 members (excludes halogenated alkanes) is 3.